The molecule has 0 spiro atoms. The van der Waals surface area contributed by atoms with Crippen LogP contribution in [-0.2, 0) is 10.2 Å². The fraction of sp³-hybridized carbons (Fsp3) is 0.552. The van der Waals surface area contributed by atoms with Gasteiger partial charge in [0.15, 0.2) is 0 Å². The quantitative estimate of drug-likeness (QED) is 0.279. The number of aromatic nitrogens is 3. The molecule has 0 aliphatic carbocycles. The number of carbonyl (C=O) groups is 1. The first-order valence-electron chi connectivity index (χ1n) is 13.7. The second kappa shape index (κ2) is 14.2. The molecule has 214 valence electrons. The topological polar surface area (TPSA) is 110 Å². The Bertz CT molecular complexity index is 1190. The number of nitrogens with one attached hydrogen (secondary N) is 2. The summed E-state index contributed by atoms with van der Waals surface area (Å²) in [6, 6.07) is 10.4. The third kappa shape index (κ3) is 8.48. The third-order valence-corrected chi connectivity index (χ3v) is 7.58. The molecule has 9 nitrogen and oxygen atoms in total. The molecule has 0 bridgehead atoms. The summed E-state index contributed by atoms with van der Waals surface area (Å²) < 4.78 is 9.37. The first-order chi connectivity index (χ1) is 18.6. The van der Waals surface area contributed by atoms with Crippen LogP contribution in [-0.4, -0.2) is 64.4 Å². The Balaban J connectivity index is 0.00000205. The van der Waals surface area contributed by atoms with E-state index in [9.17, 15) is 4.79 Å². The molecule has 2 atom stereocenters. The van der Waals surface area contributed by atoms with Crippen molar-refractivity contribution in [3.05, 3.63) is 58.6 Å². The zero-order valence-electron chi connectivity index (χ0n) is 24.1. The Labute approximate surface area is 241 Å². The van der Waals surface area contributed by atoms with Gasteiger partial charge in [0, 0.05) is 35.8 Å². The Morgan fingerprint density at radius 3 is 2.62 bits per heavy atom. The van der Waals surface area contributed by atoms with Gasteiger partial charge >= 0.3 is 6.03 Å². The average molecular weight is 603 g/mol. The van der Waals surface area contributed by atoms with Crippen LogP contribution in [0.2, 0.25) is 0 Å². The van der Waals surface area contributed by atoms with Gasteiger partial charge < -0.3 is 21.1 Å². The van der Waals surface area contributed by atoms with Gasteiger partial charge in [-0.25, -0.2) is 14.3 Å². The van der Waals surface area contributed by atoms with Gasteiger partial charge in [-0.3, -0.25) is 4.90 Å². The van der Waals surface area contributed by atoms with Crippen LogP contribution in [0.4, 0.5) is 10.5 Å². The number of halogens is 1. The van der Waals surface area contributed by atoms with Gasteiger partial charge in [-0.1, -0.05) is 32.9 Å². The van der Waals surface area contributed by atoms with Gasteiger partial charge in [-0.15, -0.1) is 0 Å². The summed E-state index contributed by atoms with van der Waals surface area (Å²) in [6.45, 7) is 13.3. The van der Waals surface area contributed by atoms with E-state index in [-0.39, 0.29) is 23.7 Å². The van der Waals surface area contributed by atoms with Crippen molar-refractivity contribution in [1.29, 1.82) is 0 Å². The summed E-state index contributed by atoms with van der Waals surface area (Å²) in [5, 5.41) is 10.3. The van der Waals surface area contributed by atoms with E-state index in [0.29, 0.717) is 12.6 Å². The van der Waals surface area contributed by atoms with Crippen LogP contribution in [0.15, 0.2) is 47.3 Å². The van der Waals surface area contributed by atoms with Crippen molar-refractivity contribution in [2.45, 2.75) is 77.5 Å². The lowest BCUT2D eigenvalue weighted by Gasteiger charge is -2.29. The van der Waals surface area contributed by atoms with Gasteiger partial charge in [-0.05, 0) is 85.3 Å². The molecule has 10 heteroatoms. The number of carbonyl (C=O) groups excluding carboxylic acids is 1. The van der Waals surface area contributed by atoms with E-state index in [1.165, 1.54) is 12.6 Å². The predicted octanol–water partition coefficient (Wildman–Crippen LogP) is 5.51. The number of amides is 2. The molecule has 1 aliphatic heterocycles. The van der Waals surface area contributed by atoms with Crippen molar-refractivity contribution < 1.29 is 9.53 Å². The Hall–Kier alpha value is -2.53. The van der Waals surface area contributed by atoms with E-state index in [0.717, 1.165) is 53.7 Å². The fourth-order valence-electron chi connectivity index (χ4n) is 4.76. The monoisotopic (exact) mass is 601 g/mol. The zero-order chi connectivity index (χ0) is 28.6. The number of hydrogen-bond donors (Lipinski definition) is 3. The second-order valence-electron chi connectivity index (χ2n) is 11.1. The van der Waals surface area contributed by atoms with E-state index in [1.54, 1.807) is 6.33 Å². The molecule has 1 aromatic carbocycles. The van der Waals surface area contributed by atoms with Gasteiger partial charge in [0.2, 0.25) is 0 Å². The highest BCUT2D eigenvalue weighted by atomic mass is 79.9. The fourth-order valence-corrected chi connectivity index (χ4v) is 5.26. The average Bonchev–Trinajstić information content (AvgIpc) is 3.51. The van der Waals surface area contributed by atoms with Gasteiger partial charge in [-0.2, -0.15) is 5.10 Å². The maximum absolute atomic E-state index is 12.3. The van der Waals surface area contributed by atoms with Gasteiger partial charge in [0.25, 0.3) is 0 Å². The summed E-state index contributed by atoms with van der Waals surface area (Å²) in [7, 11) is 1.50. The zero-order valence-corrected chi connectivity index (χ0v) is 25.7. The Morgan fingerprint density at radius 2 is 1.95 bits per heavy atom. The number of hydrogen-bond acceptors (Lipinski definition) is 6. The lowest BCUT2D eigenvalue weighted by Crippen LogP contribution is -2.39. The molecule has 4 rings (SSSR count). The second-order valence-corrected chi connectivity index (χ2v) is 12.0. The highest BCUT2D eigenvalue weighted by Gasteiger charge is 2.31. The summed E-state index contributed by atoms with van der Waals surface area (Å²) in [4.78, 5) is 18.9. The smallest absolute Gasteiger partial charge is 0.319 e. The molecule has 3 heterocycles. The molecule has 3 aromatic rings. The largest absolute Gasteiger partial charge is 0.367 e. The van der Waals surface area contributed by atoms with Crippen LogP contribution < -0.4 is 16.4 Å². The number of ether oxygens (including phenoxy) is 1. The van der Waals surface area contributed by atoms with E-state index in [4.69, 9.17) is 4.74 Å². The number of nitrogens with two attached hydrogens (primary N) is 1. The third-order valence-electron chi connectivity index (χ3n) is 6.94. The van der Waals surface area contributed by atoms with Crippen LogP contribution in [0, 0.1) is 0 Å². The van der Waals surface area contributed by atoms with Crippen molar-refractivity contribution in [3.63, 3.8) is 0 Å². The number of urea groups is 1. The van der Waals surface area contributed by atoms with E-state index in [1.807, 2.05) is 22.8 Å². The van der Waals surface area contributed by atoms with Crippen molar-refractivity contribution >= 4 is 33.2 Å². The molecule has 4 N–H and O–H groups in total. The lowest BCUT2D eigenvalue weighted by molar-refractivity contribution is 0.0134. The van der Waals surface area contributed by atoms with Crippen LogP contribution >= 0.6 is 15.9 Å². The minimum Gasteiger partial charge on any atom is -0.367 e. The van der Waals surface area contributed by atoms with E-state index >= 15 is 0 Å². The van der Waals surface area contributed by atoms with Crippen LogP contribution in [0.5, 0.6) is 0 Å². The summed E-state index contributed by atoms with van der Waals surface area (Å²) in [5.41, 5.74) is 8.65. The Kier molecular flexibility index (Phi) is 11.3. The minimum absolute atomic E-state index is 0.0236. The highest BCUT2D eigenvalue weighted by Crippen LogP contribution is 2.36. The molecule has 0 radical (unpaired) electrons. The van der Waals surface area contributed by atoms with E-state index < -0.39 is 0 Å². The summed E-state index contributed by atoms with van der Waals surface area (Å²) in [5.74, 6) is 0. The summed E-state index contributed by atoms with van der Waals surface area (Å²) in [6.07, 6.45) is 6.42. The van der Waals surface area contributed by atoms with Crippen molar-refractivity contribution in [1.82, 2.24) is 24.8 Å². The van der Waals surface area contributed by atoms with Crippen LogP contribution in [0.25, 0.3) is 5.52 Å². The standard InChI is InChI=1S/C28H39BrN6O2.CH5N/c1-19(2)34(14-6-13-31-27(36)33-21-9-7-20(8-10-21)28(3,4)5)17-22-11-12-26(37-22)24-15-23(29)25-16-30-18-32-35(24)25;1-2/h7-10,15-16,18-19,22,26H,6,11-14,17H2,1-5H3,(H2,31,33,36);2H2,1H3. The normalized spacial score (nSPS) is 17.4. The predicted molar refractivity (Wildman–Crippen MR) is 161 cm³/mol. The minimum atomic E-state index is -0.170. The molecule has 1 saturated heterocycles. The highest BCUT2D eigenvalue weighted by molar-refractivity contribution is 9.10. The maximum atomic E-state index is 12.3. The van der Waals surface area contributed by atoms with Crippen molar-refractivity contribution in [2.75, 3.05) is 32.0 Å². The van der Waals surface area contributed by atoms with E-state index in [2.05, 4.69) is 100 Å². The Morgan fingerprint density at radius 1 is 1.23 bits per heavy atom. The molecule has 2 unspecified atom stereocenters. The first-order valence-corrected chi connectivity index (χ1v) is 14.5. The lowest BCUT2D eigenvalue weighted by atomic mass is 9.87. The van der Waals surface area contributed by atoms with Crippen LogP contribution in [0.3, 0.4) is 0 Å². The van der Waals surface area contributed by atoms with Crippen molar-refractivity contribution in [2.24, 2.45) is 5.73 Å². The SMILES string of the molecule is CC(C)N(CCCNC(=O)Nc1ccc(C(C)(C)C)cc1)CC1CCC(c2cc(Br)c3cncnn23)O1.CN. The number of rotatable bonds is 9. The summed E-state index contributed by atoms with van der Waals surface area (Å²) >= 11 is 3.61. The maximum Gasteiger partial charge on any atom is 0.319 e. The molecule has 0 saturated carbocycles. The number of nitrogens with zero attached hydrogens (tertiary/aromatic N) is 4. The van der Waals surface area contributed by atoms with Crippen molar-refractivity contribution in [3.8, 4) is 0 Å². The number of benzene rings is 1. The van der Waals surface area contributed by atoms with Crippen LogP contribution in [0.1, 0.15) is 71.2 Å². The molecule has 39 heavy (non-hydrogen) atoms. The van der Waals surface area contributed by atoms with Gasteiger partial charge in [0.05, 0.1) is 23.5 Å². The molecular formula is C29H44BrN7O2. The molecular weight excluding hydrogens is 558 g/mol. The first kappa shape index (κ1) is 31.0. The molecule has 1 fully saturated rings. The van der Waals surface area contributed by atoms with Gasteiger partial charge in [0.1, 0.15) is 12.4 Å². The molecule has 2 aromatic heterocycles. The molecule has 1 aliphatic rings. The molecule has 2 amide bonds. The number of fused-ring (bicyclic) bond motifs is 1. The number of anilines is 1.